The molecule has 0 saturated carbocycles. The summed E-state index contributed by atoms with van der Waals surface area (Å²) in [6.07, 6.45) is 8.90. The molecule has 14 rings (SSSR count). The fourth-order valence-corrected chi connectivity index (χ4v) is 12.7. The molecule has 0 fully saturated rings. The van der Waals surface area contributed by atoms with Crippen molar-refractivity contribution < 1.29 is 0 Å². The Kier molecular flexibility index (Phi) is 9.91. The molecule has 0 amide bonds. The van der Waals surface area contributed by atoms with Gasteiger partial charge in [0.25, 0.3) is 0 Å². The first-order chi connectivity index (χ1) is 36.1. The molecule has 2 aliphatic carbocycles. The third kappa shape index (κ3) is 6.50. The molecule has 2 aliphatic rings. The molecule has 73 heavy (non-hydrogen) atoms. The number of rotatable bonds is 6. The smallest absolute Gasteiger partial charge is 0.0542 e. The standard InChI is InChI=1S/C71H50N2/c1-47-21-9-10-22-48(2)71(64-34-18-15-27-56(64)57-28-16-19-35-65(57)71)66-46-54(41-43-55(47)66)73-67-36-20-17-29-58(67)63-45-53(42-44-68(63)73)72(51-25-7-4-8-26-51)52-39-37-50(38-40-52)70-61-32-13-11-30-59(61)69(49-23-5-3-6-24-49)60-31-12-14-33-62(60)70/h3-46,48H,1H2,2H3/b21-9-,22-10-. The number of allylic oxidation sites excluding steroid dienone is 5. The SMILES string of the molecule is C=C1/C=C\C=C/C(C)C2(c3cc(-n4c5ccccc5c5cc(N(c6ccccc6)c6ccc(-c7c8ccccc8c(-c8ccccc8)c8ccccc78)cc6)ccc54)ccc31)c1ccccc1-c1ccccc12. The Labute approximate surface area is 426 Å². The minimum Gasteiger partial charge on any atom is -0.310 e. The summed E-state index contributed by atoms with van der Waals surface area (Å²) in [4.78, 5) is 2.39. The van der Waals surface area contributed by atoms with Crippen LogP contribution in [0.5, 0.6) is 0 Å². The Morgan fingerprint density at radius 3 is 1.55 bits per heavy atom. The van der Waals surface area contributed by atoms with E-state index < -0.39 is 5.41 Å². The molecule has 11 aromatic carbocycles. The highest BCUT2D eigenvalue weighted by molar-refractivity contribution is 6.21. The van der Waals surface area contributed by atoms with Gasteiger partial charge in [-0.15, -0.1) is 0 Å². The first-order valence-electron chi connectivity index (χ1n) is 25.4. The first kappa shape index (κ1) is 42.6. The van der Waals surface area contributed by atoms with Crippen molar-refractivity contribution in [1.82, 2.24) is 4.57 Å². The summed E-state index contributed by atoms with van der Waals surface area (Å²) in [5, 5.41) is 7.40. The minimum absolute atomic E-state index is 0.138. The van der Waals surface area contributed by atoms with Crippen molar-refractivity contribution in [2.45, 2.75) is 12.3 Å². The Morgan fingerprint density at radius 1 is 0.397 bits per heavy atom. The zero-order valence-electron chi connectivity index (χ0n) is 40.6. The lowest BCUT2D eigenvalue weighted by atomic mass is 9.63. The number of aromatic nitrogens is 1. The van der Waals surface area contributed by atoms with Crippen LogP contribution < -0.4 is 4.90 Å². The highest BCUT2D eigenvalue weighted by atomic mass is 15.1. The predicted molar refractivity (Wildman–Crippen MR) is 310 cm³/mol. The maximum Gasteiger partial charge on any atom is 0.0542 e. The van der Waals surface area contributed by atoms with Crippen LogP contribution in [-0.4, -0.2) is 4.57 Å². The van der Waals surface area contributed by atoms with Gasteiger partial charge in [-0.2, -0.15) is 0 Å². The Balaban J connectivity index is 0.933. The van der Waals surface area contributed by atoms with Crippen LogP contribution in [0.25, 0.3) is 88.0 Å². The summed E-state index contributed by atoms with van der Waals surface area (Å²) in [7, 11) is 0. The highest BCUT2D eigenvalue weighted by Crippen LogP contribution is 2.58. The van der Waals surface area contributed by atoms with Gasteiger partial charge in [0.05, 0.1) is 16.4 Å². The molecule has 1 spiro atoms. The molecule has 1 heterocycles. The summed E-state index contributed by atoms with van der Waals surface area (Å²) in [6.45, 7) is 7.07. The van der Waals surface area contributed by atoms with Crippen LogP contribution >= 0.6 is 0 Å². The lowest BCUT2D eigenvalue weighted by molar-refractivity contribution is 0.491. The van der Waals surface area contributed by atoms with Gasteiger partial charge < -0.3 is 9.47 Å². The maximum absolute atomic E-state index is 4.68. The number of benzene rings is 11. The Hall–Kier alpha value is -9.24. The summed E-state index contributed by atoms with van der Waals surface area (Å²) >= 11 is 0. The molecule has 0 radical (unpaired) electrons. The normalized spacial score (nSPS) is 15.4. The van der Waals surface area contributed by atoms with E-state index in [0.717, 1.165) is 33.8 Å². The van der Waals surface area contributed by atoms with E-state index in [4.69, 9.17) is 0 Å². The molecule has 1 aromatic heterocycles. The van der Waals surface area contributed by atoms with Gasteiger partial charge in [0.2, 0.25) is 0 Å². The second-order valence-corrected chi connectivity index (χ2v) is 19.7. The molecule has 2 nitrogen and oxygen atoms in total. The fourth-order valence-electron chi connectivity index (χ4n) is 12.7. The van der Waals surface area contributed by atoms with Crippen molar-refractivity contribution in [2.24, 2.45) is 5.92 Å². The van der Waals surface area contributed by atoms with Gasteiger partial charge in [-0.1, -0.05) is 220 Å². The van der Waals surface area contributed by atoms with E-state index in [1.54, 1.807) is 0 Å². The van der Waals surface area contributed by atoms with Crippen molar-refractivity contribution in [2.75, 3.05) is 4.90 Å². The second-order valence-electron chi connectivity index (χ2n) is 19.7. The van der Waals surface area contributed by atoms with Gasteiger partial charge in [-0.05, 0) is 149 Å². The highest BCUT2D eigenvalue weighted by Gasteiger charge is 2.49. The van der Waals surface area contributed by atoms with Crippen LogP contribution in [0.2, 0.25) is 0 Å². The van der Waals surface area contributed by atoms with Crippen molar-refractivity contribution >= 4 is 66.0 Å². The molecule has 0 bridgehead atoms. The third-order valence-corrected chi connectivity index (χ3v) is 15.9. The van der Waals surface area contributed by atoms with E-state index in [9.17, 15) is 0 Å². The van der Waals surface area contributed by atoms with E-state index in [1.165, 1.54) is 93.5 Å². The number of hydrogen-bond acceptors (Lipinski definition) is 1. The number of nitrogens with zero attached hydrogens (tertiary/aromatic N) is 2. The quantitative estimate of drug-likeness (QED) is 0.151. The number of fused-ring (bicyclic) bond motifs is 12. The fraction of sp³-hybridized carbons (Fsp3) is 0.0423. The van der Waals surface area contributed by atoms with Crippen molar-refractivity contribution in [3.8, 4) is 39.1 Å². The summed E-state index contributed by atoms with van der Waals surface area (Å²) in [5.41, 5.74) is 19.9. The minimum atomic E-state index is -0.451. The van der Waals surface area contributed by atoms with Crippen LogP contribution in [-0.2, 0) is 5.41 Å². The van der Waals surface area contributed by atoms with E-state index in [2.05, 4.69) is 290 Å². The number of anilines is 3. The first-order valence-corrected chi connectivity index (χ1v) is 25.4. The Morgan fingerprint density at radius 2 is 0.904 bits per heavy atom. The van der Waals surface area contributed by atoms with E-state index in [1.807, 2.05) is 0 Å². The zero-order chi connectivity index (χ0) is 48.6. The topological polar surface area (TPSA) is 8.17 Å². The average Bonchev–Trinajstić information content (AvgIpc) is 3.96. The van der Waals surface area contributed by atoms with Crippen molar-refractivity contribution in [3.05, 3.63) is 296 Å². The van der Waals surface area contributed by atoms with Crippen LogP contribution in [0.15, 0.2) is 274 Å². The Bertz CT molecular complexity index is 4130. The van der Waals surface area contributed by atoms with Crippen LogP contribution in [0.1, 0.15) is 29.2 Å². The third-order valence-electron chi connectivity index (χ3n) is 15.9. The van der Waals surface area contributed by atoms with Gasteiger partial charge >= 0.3 is 0 Å². The van der Waals surface area contributed by atoms with Crippen LogP contribution in [0, 0.1) is 5.92 Å². The van der Waals surface area contributed by atoms with Gasteiger partial charge in [-0.3, -0.25) is 0 Å². The molecular formula is C71H50N2. The number of para-hydroxylation sites is 2. The summed E-state index contributed by atoms with van der Waals surface area (Å²) < 4.78 is 2.47. The zero-order valence-corrected chi connectivity index (χ0v) is 40.6. The predicted octanol–water partition coefficient (Wildman–Crippen LogP) is 19.0. The molecule has 0 aliphatic heterocycles. The average molecular weight is 931 g/mol. The van der Waals surface area contributed by atoms with E-state index in [-0.39, 0.29) is 5.92 Å². The van der Waals surface area contributed by atoms with Crippen molar-refractivity contribution in [3.63, 3.8) is 0 Å². The monoisotopic (exact) mass is 930 g/mol. The lowest BCUT2D eigenvalue weighted by Crippen LogP contribution is -2.34. The molecule has 344 valence electrons. The molecule has 1 unspecified atom stereocenters. The molecule has 2 heteroatoms. The van der Waals surface area contributed by atoms with Gasteiger partial charge in [0, 0.05) is 33.5 Å². The summed E-state index contributed by atoms with van der Waals surface area (Å²) in [5.74, 6) is 0.138. The molecule has 0 N–H and O–H groups in total. The maximum atomic E-state index is 4.68. The van der Waals surface area contributed by atoms with Gasteiger partial charge in [0.1, 0.15) is 0 Å². The molecule has 1 atom stereocenters. The van der Waals surface area contributed by atoms with Crippen LogP contribution in [0.4, 0.5) is 17.1 Å². The summed E-state index contributed by atoms with van der Waals surface area (Å²) in [6, 6.07) is 89.6. The molecule has 0 saturated heterocycles. The largest absolute Gasteiger partial charge is 0.310 e. The molecular weight excluding hydrogens is 881 g/mol. The number of hydrogen-bond donors (Lipinski definition) is 0. The lowest BCUT2D eigenvalue weighted by Gasteiger charge is -2.39. The van der Waals surface area contributed by atoms with E-state index in [0.29, 0.717) is 0 Å². The second kappa shape index (κ2) is 17.0. The van der Waals surface area contributed by atoms with Crippen LogP contribution in [0.3, 0.4) is 0 Å². The van der Waals surface area contributed by atoms with Gasteiger partial charge in [-0.25, -0.2) is 0 Å². The van der Waals surface area contributed by atoms with Gasteiger partial charge in [0.15, 0.2) is 0 Å². The molecule has 12 aromatic rings. The van der Waals surface area contributed by atoms with E-state index >= 15 is 0 Å². The van der Waals surface area contributed by atoms with Crippen molar-refractivity contribution in [1.29, 1.82) is 0 Å².